The largest absolute Gasteiger partial charge is 0.304 e. The van der Waals surface area contributed by atoms with Crippen LogP contribution in [0.4, 0.5) is 0 Å². The van der Waals surface area contributed by atoms with Crippen molar-refractivity contribution >= 4 is 29.5 Å². The lowest BCUT2D eigenvalue weighted by Crippen LogP contribution is -2.30. The fourth-order valence-electron chi connectivity index (χ4n) is 1.70. The predicted octanol–water partition coefficient (Wildman–Crippen LogP) is 2.38. The number of fused-ring (bicyclic) bond motifs is 1. The van der Waals surface area contributed by atoms with Crippen LogP contribution in [0, 0.1) is 0 Å². The molecular weight excluding hydrogens is 221 g/mol. The molecule has 0 fully saturated rings. The summed E-state index contributed by atoms with van der Waals surface area (Å²) in [4.78, 5) is 10.8. The van der Waals surface area contributed by atoms with E-state index in [1.807, 2.05) is 6.07 Å². The summed E-state index contributed by atoms with van der Waals surface area (Å²) in [5.41, 5.74) is 2.05. The molecule has 0 radical (unpaired) electrons. The zero-order chi connectivity index (χ0) is 10.1. The van der Waals surface area contributed by atoms with Crippen molar-refractivity contribution in [1.29, 1.82) is 0 Å². The summed E-state index contributed by atoms with van der Waals surface area (Å²) < 4.78 is 0. The summed E-state index contributed by atoms with van der Waals surface area (Å²) in [6.45, 7) is 0.800. The molecule has 0 aliphatic carbocycles. The Morgan fingerprint density at radius 2 is 2.07 bits per heavy atom. The summed E-state index contributed by atoms with van der Waals surface area (Å²) >= 11 is 11.8. The van der Waals surface area contributed by atoms with E-state index in [1.54, 1.807) is 6.07 Å². The van der Waals surface area contributed by atoms with Gasteiger partial charge >= 0.3 is 0 Å². The normalized spacial score (nSPS) is 20.3. The lowest BCUT2D eigenvalue weighted by Gasteiger charge is -2.23. The highest BCUT2D eigenvalue weighted by molar-refractivity contribution is 6.42. The monoisotopic (exact) mass is 229 g/mol. The van der Waals surface area contributed by atoms with Crippen LogP contribution < -0.4 is 5.32 Å². The van der Waals surface area contributed by atoms with E-state index in [2.05, 4.69) is 5.32 Å². The summed E-state index contributed by atoms with van der Waals surface area (Å²) in [6.07, 6.45) is 1.78. The number of benzene rings is 1. The van der Waals surface area contributed by atoms with Crippen LogP contribution in [-0.4, -0.2) is 12.8 Å². The number of hydrogen-bond acceptors (Lipinski definition) is 2. The van der Waals surface area contributed by atoms with Gasteiger partial charge in [0.2, 0.25) is 0 Å². The van der Waals surface area contributed by atoms with Crippen LogP contribution in [0.1, 0.15) is 17.2 Å². The first-order valence-corrected chi connectivity index (χ1v) is 5.14. The lowest BCUT2D eigenvalue weighted by molar-refractivity contribution is -0.109. The molecule has 2 nitrogen and oxygen atoms in total. The standard InChI is InChI=1S/C10H9Cl2NO/c11-8-3-6-1-2-13-10(5-14)7(6)4-9(8)12/h3-5,10,13H,1-2H2. The molecule has 2 rings (SSSR count). The van der Waals surface area contributed by atoms with Gasteiger partial charge < -0.3 is 10.1 Å². The van der Waals surface area contributed by atoms with Crippen LogP contribution in [0.15, 0.2) is 12.1 Å². The molecule has 1 atom stereocenters. The van der Waals surface area contributed by atoms with E-state index in [0.29, 0.717) is 10.0 Å². The minimum atomic E-state index is -0.242. The van der Waals surface area contributed by atoms with Crippen LogP contribution in [-0.2, 0) is 11.2 Å². The molecule has 1 aliphatic heterocycles. The molecule has 0 amide bonds. The van der Waals surface area contributed by atoms with Crippen molar-refractivity contribution in [2.45, 2.75) is 12.5 Å². The molecule has 1 aliphatic rings. The van der Waals surface area contributed by atoms with Gasteiger partial charge in [0.1, 0.15) is 6.29 Å². The third-order valence-corrected chi connectivity index (χ3v) is 3.13. The van der Waals surface area contributed by atoms with Crippen LogP contribution in [0.2, 0.25) is 10.0 Å². The number of nitrogens with one attached hydrogen (secondary N) is 1. The van der Waals surface area contributed by atoms with Crippen molar-refractivity contribution in [2.24, 2.45) is 0 Å². The van der Waals surface area contributed by atoms with Crippen LogP contribution in [0.3, 0.4) is 0 Å². The van der Waals surface area contributed by atoms with E-state index < -0.39 is 0 Å². The Balaban J connectivity index is 2.52. The first-order chi connectivity index (χ1) is 6.72. The fourth-order valence-corrected chi connectivity index (χ4v) is 2.06. The Labute approximate surface area is 92.2 Å². The van der Waals surface area contributed by atoms with Gasteiger partial charge in [0.05, 0.1) is 16.1 Å². The molecule has 1 N–H and O–H groups in total. The van der Waals surface area contributed by atoms with Crippen molar-refractivity contribution < 1.29 is 4.79 Å². The summed E-state index contributed by atoms with van der Waals surface area (Å²) in [5, 5.41) is 4.16. The van der Waals surface area contributed by atoms with Crippen molar-refractivity contribution in [3.8, 4) is 0 Å². The first-order valence-electron chi connectivity index (χ1n) is 4.39. The highest BCUT2D eigenvalue weighted by Gasteiger charge is 2.20. The molecular formula is C10H9Cl2NO. The second-order valence-electron chi connectivity index (χ2n) is 3.28. The van der Waals surface area contributed by atoms with Gasteiger partial charge in [-0.25, -0.2) is 0 Å². The van der Waals surface area contributed by atoms with E-state index in [0.717, 1.165) is 30.4 Å². The number of carbonyl (C=O) groups is 1. The van der Waals surface area contributed by atoms with E-state index >= 15 is 0 Å². The van der Waals surface area contributed by atoms with Crippen LogP contribution in [0.25, 0.3) is 0 Å². The Morgan fingerprint density at radius 1 is 1.36 bits per heavy atom. The molecule has 0 bridgehead atoms. The predicted molar refractivity (Wildman–Crippen MR) is 57.0 cm³/mol. The average molecular weight is 230 g/mol. The SMILES string of the molecule is O=CC1NCCc2cc(Cl)c(Cl)cc21. The van der Waals surface area contributed by atoms with Crippen molar-refractivity contribution in [3.05, 3.63) is 33.3 Å². The van der Waals surface area contributed by atoms with Crippen LogP contribution >= 0.6 is 23.2 Å². The maximum atomic E-state index is 10.8. The molecule has 0 saturated carbocycles. The minimum Gasteiger partial charge on any atom is -0.304 e. The molecule has 0 spiro atoms. The van der Waals surface area contributed by atoms with Gasteiger partial charge in [0.15, 0.2) is 0 Å². The van der Waals surface area contributed by atoms with Gasteiger partial charge in [0.25, 0.3) is 0 Å². The minimum absolute atomic E-state index is 0.242. The van der Waals surface area contributed by atoms with Gasteiger partial charge in [0, 0.05) is 6.54 Å². The quantitative estimate of drug-likeness (QED) is 0.750. The van der Waals surface area contributed by atoms with E-state index in [1.165, 1.54) is 0 Å². The van der Waals surface area contributed by atoms with E-state index in [9.17, 15) is 4.79 Å². The fraction of sp³-hybridized carbons (Fsp3) is 0.300. The molecule has 1 unspecified atom stereocenters. The number of rotatable bonds is 1. The average Bonchev–Trinajstić information content (AvgIpc) is 2.19. The maximum absolute atomic E-state index is 10.8. The van der Waals surface area contributed by atoms with Gasteiger partial charge in [-0.05, 0) is 29.7 Å². The zero-order valence-electron chi connectivity index (χ0n) is 7.39. The van der Waals surface area contributed by atoms with Crippen molar-refractivity contribution in [2.75, 3.05) is 6.54 Å². The van der Waals surface area contributed by atoms with Gasteiger partial charge in [-0.1, -0.05) is 23.2 Å². The molecule has 1 aromatic rings. The Morgan fingerprint density at radius 3 is 2.79 bits per heavy atom. The number of aldehydes is 1. The van der Waals surface area contributed by atoms with Gasteiger partial charge in [-0.15, -0.1) is 0 Å². The summed E-state index contributed by atoms with van der Waals surface area (Å²) in [5.74, 6) is 0. The molecule has 1 aromatic carbocycles. The Kier molecular flexibility index (Phi) is 2.77. The molecule has 4 heteroatoms. The third kappa shape index (κ3) is 1.65. The molecule has 1 heterocycles. The van der Waals surface area contributed by atoms with Gasteiger partial charge in [-0.2, -0.15) is 0 Å². The van der Waals surface area contributed by atoms with Crippen molar-refractivity contribution in [3.63, 3.8) is 0 Å². The Bertz CT molecular complexity index is 379. The zero-order valence-corrected chi connectivity index (χ0v) is 8.90. The number of carbonyl (C=O) groups excluding carboxylic acids is 1. The highest BCUT2D eigenvalue weighted by atomic mass is 35.5. The highest BCUT2D eigenvalue weighted by Crippen LogP contribution is 2.30. The smallest absolute Gasteiger partial charge is 0.141 e. The summed E-state index contributed by atoms with van der Waals surface area (Å²) in [7, 11) is 0. The van der Waals surface area contributed by atoms with Crippen LogP contribution in [0.5, 0.6) is 0 Å². The third-order valence-electron chi connectivity index (χ3n) is 2.41. The summed E-state index contributed by atoms with van der Waals surface area (Å²) in [6, 6.07) is 3.37. The lowest BCUT2D eigenvalue weighted by atomic mass is 9.95. The Hall–Kier alpha value is -0.570. The molecule has 0 saturated heterocycles. The van der Waals surface area contributed by atoms with Gasteiger partial charge in [-0.3, -0.25) is 0 Å². The van der Waals surface area contributed by atoms with E-state index in [4.69, 9.17) is 23.2 Å². The van der Waals surface area contributed by atoms with Crippen molar-refractivity contribution in [1.82, 2.24) is 5.32 Å². The molecule has 14 heavy (non-hydrogen) atoms. The molecule has 0 aromatic heterocycles. The number of hydrogen-bond donors (Lipinski definition) is 1. The number of halogens is 2. The second kappa shape index (κ2) is 3.89. The first kappa shape index (κ1) is 9.97. The maximum Gasteiger partial charge on any atom is 0.141 e. The topological polar surface area (TPSA) is 29.1 Å². The van der Waals surface area contributed by atoms with E-state index in [-0.39, 0.29) is 6.04 Å². The molecule has 74 valence electrons. The second-order valence-corrected chi connectivity index (χ2v) is 4.10.